The minimum Gasteiger partial charge on any atom is -0.247 e. The van der Waals surface area contributed by atoms with Crippen molar-refractivity contribution in [3.8, 4) is 11.3 Å². The molecule has 0 unspecified atom stereocenters. The minimum atomic E-state index is -0.250. The Balaban J connectivity index is 2.06. The third-order valence-corrected chi connectivity index (χ3v) is 3.10. The van der Waals surface area contributed by atoms with Gasteiger partial charge in [-0.1, -0.05) is 30.3 Å². The molecule has 4 aromatic rings. The number of fused-ring (bicyclic) bond motifs is 3. The van der Waals surface area contributed by atoms with Crippen molar-refractivity contribution in [1.82, 2.24) is 24.2 Å². The van der Waals surface area contributed by atoms with Crippen LogP contribution in [0.25, 0.3) is 22.4 Å². The van der Waals surface area contributed by atoms with Crippen LogP contribution in [0.5, 0.6) is 0 Å². The smallest absolute Gasteiger partial charge is 0.247 e. The summed E-state index contributed by atoms with van der Waals surface area (Å²) in [6, 6.07) is 11.8. The second-order valence-electron chi connectivity index (χ2n) is 4.25. The molecule has 0 radical (unpaired) electrons. The lowest BCUT2D eigenvalue weighted by molar-refractivity contribution is 0.936. The highest BCUT2D eigenvalue weighted by atomic mass is 16.1. The van der Waals surface area contributed by atoms with Crippen molar-refractivity contribution in [1.29, 1.82) is 0 Å². The summed E-state index contributed by atoms with van der Waals surface area (Å²) < 4.78 is 3.18. The van der Waals surface area contributed by atoms with Crippen molar-refractivity contribution in [2.24, 2.45) is 0 Å². The average Bonchev–Trinajstić information content (AvgIpc) is 3.03. The topological polar surface area (TPSA) is 67.5 Å². The van der Waals surface area contributed by atoms with Crippen LogP contribution in [0.15, 0.2) is 53.6 Å². The van der Waals surface area contributed by atoms with Gasteiger partial charge in [0.2, 0.25) is 0 Å². The van der Waals surface area contributed by atoms with Gasteiger partial charge in [-0.3, -0.25) is 0 Å². The van der Waals surface area contributed by atoms with E-state index < -0.39 is 0 Å². The molecule has 6 heteroatoms. The average molecular weight is 251 g/mol. The number of hydrogen-bond donors (Lipinski definition) is 1. The molecule has 0 atom stereocenters. The Kier molecular flexibility index (Phi) is 1.88. The molecule has 0 aliphatic carbocycles. The molecular formula is C13H9N5O. The Labute approximate surface area is 106 Å². The second kappa shape index (κ2) is 3.55. The molecule has 0 aliphatic heterocycles. The van der Waals surface area contributed by atoms with Gasteiger partial charge in [-0.25, -0.2) is 18.8 Å². The summed E-state index contributed by atoms with van der Waals surface area (Å²) in [5.74, 6) is 0. The molecule has 1 N–H and O–H groups in total. The minimum absolute atomic E-state index is 0.250. The summed E-state index contributed by atoms with van der Waals surface area (Å²) in [5, 5.41) is 10.9. The van der Waals surface area contributed by atoms with E-state index in [9.17, 15) is 4.79 Å². The zero-order valence-electron chi connectivity index (χ0n) is 9.82. The van der Waals surface area contributed by atoms with Crippen molar-refractivity contribution >= 4 is 11.2 Å². The largest absolute Gasteiger partial charge is 0.347 e. The van der Waals surface area contributed by atoms with E-state index >= 15 is 0 Å². The number of rotatable bonds is 1. The van der Waals surface area contributed by atoms with E-state index in [-0.39, 0.29) is 5.69 Å². The Morgan fingerprint density at radius 3 is 2.79 bits per heavy atom. The Hall–Kier alpha value is -2.89. The highest BCUT2D eigenvalue weighted by Gasteiger charge is 2.09. The molecule has 0 bridgehead atoms. The van der Waals surface area contributed by atoms with Gasteiger partial charge in [-0.15, -0.1) is 0 Å². The maximum Gasteiger partial charge on any atom is 0.347 e. The molecular weight excluding hydrogens is 242 g/mol. The second-order valence-corrected chi connectivity index (χ2v) is 4.25. The lowest BCUT2D eigenvalue weighted by Gasteiger charge is -1.93. The van der Waals surface area contributed by atoms with Crippen molar-refractivity contribution in [3.63, 3.8) is 0 Å². The Morgan fingerprint density at radius 2 is 1.95 bits per heavy atom. The molecule has 3 aromatic heterocycles. The zero-order valence-corrected chi connectivity index (χ0v) is 9.82. The van der Waals surface area contributed by atoms with Crippen LogP contribution >= 0.6 is 0 Å². The molecule has 6 nitrogen and oxygen atoms in total. The first-order valence-electron chi connectivity index (χ1n) is 5.83. The molecule has 4 rings (SSSR count). The van der Waals surface area contributed by atoms with Crippen LogP contribution < -0.4 is 5.69 Å². The number of aromatic nitrogens is 5. The van der Waals surface area contributed by atoms with Gasteiger partial charge in [0.15, 0.2) is 5.65 Å². The standard InChI is InChI=1S/C13H9N5O/c19-13-15-14-12-11-8-10(9-4-2-1-3-5-9)16-18(11)7-6-17(12)13/h1-8H,(H,15,19). The highest BCUT2D eigenvalue weighted by molar-refractivity contribution is 5.76. The van der Waals surface area contributed by atoms with Crippen molar-refractivity contribution in [2.75, 3.05) is 0 Å². The van der Waals surface area contributed by atoms with Crippen molar-refractivity contribution < 1.29 is 0 Å². The predicted octanol–water partition coefficient (Wildman–Crippen LogP) is 1.34. The number of benzene rings is 1. The summed E-state index contributed by atoms with van der Waals surface area (Å²) in [6.07, 6.45) is 3.39. The van der Waals surface area contributed by atoms with Gasteiger partial charge in [-0.2, -0.15) is 10.2 Å². The molecule has 0 amide bonds. The molecule has 0 aliphatic rings. The molecule has 0 saturated heterocycles. The van der Waals surface area contributed by atoms with Crippen molar-refractivity contribution in [2.45, 2.75) is 0 Å². The number of aromatic amines is 1. The van der Waals surface area contributed by atoms with Crippen LogP contribution in [-0.2, 0) is 0 Å². The van der Waals surface area contributed by atoms with Gasteiger partial charge in [0.25, 0.3) is 0 Å². The molecule has 0 spiro atoms. The summed E-state index contributed by atoms with van der Waals surface area (Å²) in [4.78, 5) is 11.5. The van der Waals surface area contributed by atoms with Gasteiger partial charge < -0.3 is 0 Å². The predicted molar refractivity (Wildman–Crippen MR) is 70.0 cm³/mol. The molecule has 1 aromatic carbocycles. The van der Waals surface area contributed by atoms with E-state index in [1.807, 2.05) is 36.4 Å². The fraction of sp³-hybridized carbons (Fsp3) is 0. The number of hydrogen-bond acceptors (Lipinski definition) is 3. The quantitative estimate of drug-likeness (QED) is 0.555. The Morgan fingerprint density at radius 1 is 1.11 bits per heavy atom. The van der Waals surface area contributed by atoms with Gasteiger partial charge in [-0.05, 0) is 6.07 Å². The van der Waals surface area contributed by atoms with Crippen molar-refractivity contribution in [3.05, 3.63) is 59.3 Å². The summed E-state index contributed by atoms with van der Waals surface area (Å²) in [7, 11) is 0. The molecule has 3 heterocycles. The molecule has 0 fully saturated rings. The summed E-state index contributed by atoms with van der Waals surface area (Å²) >= 11 is 0. The van der Waals surface area contributed by atoms with Gasteiger partial charge in [0.1, 0.15) is 5.52 Å². The van der Waals surface area contributed by atoms with Crippen LogP contribution in [0, 0.1) is 0 Å². The van der Waals surface area contributed by atoms with Crippen LogP contribution in [0.4, 0.5) is 0 Å². The summed E-state index contributed by atoms with van der Waals surface area (Å²) in [6.45, 7) is 0. The Bertz CT molecular complexity index is 932. The van der Waals surface area contributed by atoms with Gasteiger partial charge >= 0.3 is 5.69 Å². The van der Waals surface area contributed by atoms with E-state index in [0.29, 0.717) is 5.65 Å². The van der Waals surface area contributed by atoms with E-state index in [2.05, 4.69) is 15.3 Å². The lowest BCUT2D eigenvalue weighted by Crippen LogP contribution is -2.09. The maximum atomic E-state index is 11.5. The molecule has 19 heavy (non-hydrogen) atoms. The normalized spacial score (nSPS) is 11.4. The van der Waals surface area contributed by atoms with E-state index in [1.54, 1.807) is 16.9 Å². The van der Waals surface area contributed by atoms with Gasteiger partial charge in [0.05, 0.1) is 5.69 Å². The molecule has 0 saturated carbocycles. The van der Waals surface area contributed by atoms with E-state index in [4.69, 9.17) is 0 Å². The monoisotopic (exact) mass is 251 g/mol. The first-order chi connectivity index (χ1) is 9.33. The molecule has 92 valence electrons. The first-order valence-corrected chi connectivity index (χ1v) is 5.83. The van der Waals surface area contributed by atoms with Crippen LogP contribution in [0.2, 0.25) is 0 Å². The third kappa shape index (κ3) is 1.40. The van der Waals surface area contributed by atoms with Crippen LogP contribution in [-0.4, -0.2) is 24.2 Å². The number of nitrogens with one attached hydrogen (secondary N) is 1. The van der Waals surface area contributed by atoms with E-state index in [0.717, 1.165) is 16.8 Å². The lowest BCUT2D eigenvalue weighted by atomic mass is 10.1. The first kappa shape index (κ1) is 10.1. The summed E-state index contributed by atoms with van der Waals surface area (Å²) in [5.41, 5.74) is 2.99. The fourth-order valence-corrected chi connectivity index (χ4v) is 2.18. The fourth-order valence-electron chi connectivity index (χ4n) is 2.18. The third-order valence-electron chi connectivity index (χ3n) is 3.10. The van der Waals surface area contributed by atoms with Crippen LogP contribution in [0.1, 0.15) is 0 Å². The maximum absolute atomic E-state index is 11.5. The number of nitrogens with zero attached hydrogens (tertiary/aromatic N) is 4. The van der Waals surface area contributed by atoms with Gasteiger partial charge in [0, 0.05) is 18.0 Å². The zero-order chi connectivity index (χ0) is 12.8. The highest BCUT2D eigenvalue weighted by Crippen LogP contribution is 2.20. The number of H-pyrrole nitrogens is 1. The SMILES string of the molecule is O=c1[nH]nc2c3cc(-c4ccccc4)nn3ccn12. The van der Waals surface area contributed by atoms with Crippen LogP contribution in [0.3, 0.4) is 0 Å². The van der Waals surface area contributed by atoms with E-state index in [1.165, 1.54) is 4.40 Å².